The average molecular weight is 1280 g/mol. The fraction of sp³-hybridized carbons (Fsp3) is 0.688. The number of unbranched alkanes of at least 4 members (excludes halogenated alkanes) is 5. The molecule has 0 aromatic heterocycles. The molecule has 0 bridgehead atoms. The third kappa shape index (κ3) is 21.9. The number of methoxy groups -OCH3 is 1. The summed E-state index contributed by atoms with van der Waals surface area (Å²) >= 11 is 0. The average Bonchev–Trinajstić information content (AvgIpc) is 1.76. The van der Waals surface area contributed by atoms with Gasteiger partial charge < -0.3 is 63.8 Å². The molecule has 6 rings (SSSR count). The van der Waals surface area contributed by atoms with Crippen LogP contribution in [-0.4, -0.2) is 165 Å². The fourth-order valence-corrected chi connectivity index (χ4v) is 15.5. The van der Waals surface area contributed by atoms with Crippen molar-refractivity contribution in [2.75, 3.05) is 27.7 Å². The van der Waals surface area contributed by atoms with Gasteiger partial charge in [0.15, 0.2) is 12.6 Å². The summed E-state index contributed by atoms with van der Waals surface area (Å²) in [5.74, 6) is -3.28. The Kier molecular flexibility index (Phi) is 25.9. The van der Waals surface area contributed by atoms with E-state index in [0.29, 0.717) is 12.8 Å². The first kappa shape index (κ1) is 74.3. The maximum absolute atomic E-state index is 14.7. The number of aryl methyl sites for hydroxylation is 1. The number of esters is 1. The molecule has 3 aliphatic rings. The van der Waals surface area contributed by atoms with Crippen LogP contribution in [0.4, 0.5) is 25.2 Å². The number of carbonyl (C=O) groups excluding carboxylic acids is 2. The van der Waals surface area contributed by atoms with E-state index in [1.54, 1.807) is 53.4 Å². The zero-order valence-electron chi connectivity index (χ0n) is 53.0. The normalized spacial score (nSPS) is 35.0. The fourth-order valence-electron chi connectivity index (χ4n) is 12.9. The van der Waals surface area contributed by atoms with Gasteiger partial charge in [0.05, 0.1) is 55.5 Å². The van der Waals surface area contributed by atoms with Crippen molar-refractivity contribution in [1.29, 1.82) is 0 Å². The molecule has 0 unspecified atom stereocenters. The van der Waals surface area contributed by atoms with Crippen LogP contribution in [0.15, 0.2) is 84.9 Å². The number of cyclic esters (lactones) is 1. The van der Waals surface area contributed by atoms with Gasteiger partial charge in [0.1, 0.15) is 45.9 Å². The third-order valence-corrected chi connectivity index (χ3v) is 20.4. The van der Waals surface area contributed by atoms with E-state index in [-0.39, 0.29) is 50.3 Å². The molecule has 3 aromatic rings. The number of halogens is 6. The molecule has 3 saturated heterocycles. The molecular weight excluding hydrogens is 1180 g/mol. The standard InChI is InChI=1S/C64H99N2O13P.F6P/c1-14-52-64(10,73)57(69)45(6)66(53(67)35-26-18-16-15-17-21-28-47-29-27-34-50(37-47)80(48-30-22-19-23-31-48)49-32-24-20-25-33-49)40-41(2)38-62(8,72)59(79-61-55(68)51(65(11)12)36-42(3)75-61)43(4)56(44(5)60(71)77-52)78-54-39-63(9,74-13)58(70)46(7)76-54;1-7(2,3,4,5)6/h19-20,22-25,27,29-34,37,41-46,51-52,54-59,61,68-70,72-73H,14-18,21,26,28,35-36,38-40H2,1-13H3;/q;-1/p+1/t41-,42-,43+,44-,45-,46+,51+,52-,54+,55-,56+,57-,58+,59-,61+,62-,63-,64-;/m1./s1. The number of hydrogen-bond acceptors (Lipinski definition) is 14. The number of aliphatic hydroxyl groups is 5. The van der Waals surface area contributed by atoms with Gasteiger partial charge in [0, 0.05) is 38.5 Å². The Balaban J connectivity index is 0.00000185. The zero-order chi connectivity index (χ0) is 65.1. The van der Waals surface area contributed by atoms with Gasteiger partial charge in [-0.25, -0.2) is 0 Å². The van der Waals surface area contributed by atoms with Gasteiger partial charge in [-0.2, -0.15) is 0 Å². The minimum absolute atomic E-state index is 0.0703. The summed E-state index contributed by atoms with van der Waals surface area (Å²) in [4.78, 5) is 32.8. The molecule has 15 nitrogen and oxygen atoms in total. The summed E-state index contributed by atoms with van der Waals surface area (Å²) in [7, 11) is -6.54. The Bertz CT molecular complexity index is 2570. The number of nitrogens with zero attached hydrogens (tertiary/aromatic N) is 2. The monoisotopic (exact) mass is 1280 g/mol. The Labute approximate surface area is 512 Å². The predicted molar refractivity (Wildman–Crippen MR) is 329 cm³/mol. The van der Waals surface area contributed by atoms with E-state index in [1.165, 1.54) is 35.5 Å². The number of rotatable bonds is 19. The summed E-state index contributed by atoms with van der Waals surface area (Å²) < 4.78 is 97.4. The van der Waals surface area contributed by atoms with E-state index in [9.17, 15) is 60.3 Å². The number of aliphatic hydroxyl groups excluding tert-OH is 3. The summed E-state index contributed by atoms with van der Waals surface area (Å²) in [5.41, 5.74) is -3.45. The summed E-state index contributed by atoms with van der Waals surface area (Å²) in [5, 5.41) is 64.6. The van der Waals surface area contributed by atoms with Crippen LogP contribution in [0.2, 0.25) is 0 Å². The molecule has 23 heteroatoms. The van der Waals surface area contributed by atoms with Crippen molar-refractivity contribution >= 4 is 43.5 Å². The first-order chi connectivity index (χ1) is 40.3. The second-order valence-corrected chi connectivity index (χ2v) is 30.1. The van der Waals surface area contributed by atoms with Gasteiger partial charge in [0.25, 0.3) is 0 Å². The van der Waals surface area contributed by atoms with E-state index in [2.05, 4.69) is 84.9 Å². The van der Waals surface area contributed by atoms with E-state index in [0.717, 1.165) is 38.5 Å². The number of amides is 1. The number of carbonyl (C=O) groups is 2. The molecule has 3 heterocycles. The van der Waals surface area contributed by atoms with E-state index >= 15 is 0 Å². The molecule has 1 amide bonds. The third-order valence-electron chi connectivity index (χ3n) is 17.7. The van der Waals surface area contributed by atoms with Gasteiger partial charge in [0.2, 0.25) is 5.91 Å². The summed E-state index contributed by atoms with van der Waals surface area (Å²) in [6.07, 6.45) is -2.67. The quantitative estimate of drug-likeness (QED) is 0.0329. The second kappa shape index (κ2) is 30.4. The summed E-state index contributed by atoms with van der Waals surface area (Å²) in [6.45, 7) is 17.4. The molecule has 0 aliphatic carbocycles. The molecule has 0 radical (unpaired) electrons. The van der Waals surface area contributed by atoms with Crippen LogP contribution in [0.3, 0.4) is 0 Å². The number of hydrogen-bond donors (Lipinski definition) is 5. The molecule has 0 saturated carbocycles. The number of ether oxygens (including phenoxy) is 6. The van der Waals surface area contributed by atoms with Gasteiger partial charge in [-0.15, -0.1) is 0 Å². The molecule has 496 valence electrons. The molecule has 3 aliphatic heterocycles. The van der Waals surface area contributed by atoms with Crippen molar-refractivity contribution in [1.82, 2.24) is 9.80 Å². The predicted octanol–water partition coefficient (Wildman–Crippen LogP) is 10.6. The Morgan fingerprint density at radius 3 is 1.86 bits per heavy atom. The van der Waals surface area contributed by atoms with Crippen molar-refractivity contribution in [2.45, 2.75) is 237 Å². The van der Waals surface area contributed by atoms with Crippen LogP contribution in [-0.2, 0) is 44.4 Å². The van der Waals surface area contributed by atoms with Crippen molar-refractivity contribution in [3.63, 3.8) is 0 Å². The first-order valence-electron chi connectivity index (χ1n) is 30.7. The minimum atomic E-state index is -10.7. The molecule has 3 fully saturated rings. The Morgan fingerprint density at radius 2 is 1.31 bits per heavy atom. The van der Waals surface area contributed by atoms with Gasteiger partial charge in [-0.1, -0.05) is 95.0 Å². The SMILES string of the molecule is CC[C@H]1OC(=O)[C@H](C)[C@@H](O[C@H]2C[C@@](C)(OC)[C@@H](O)[C@H](C)O2)[C@H](C)[C@@H](O[C@@H]2O[C@H](C)C[C@H](N(C)C)[C@H]2O)[C@](C)(O)C[C@@H](C)CN(C(=O)CCCCCCCCc2cccc([PH+](c3ccccc3)c3ccccc3)c2)[C@H](C)[C@@H](O)[C@]1(C)O.F[P-](F)(F)(F)(F)F. The van der Waals surface area contributed by atoms with Gasteiger partial charge in [-0.3, -0.25) is 9.59 Å². The Morgan fingerprint density at radius 1 is 0.759 bits per heavy atom. The topological polar surface area (TPSA) is 197 Å². The van der Waals surface area contributed by atoms with Crippen LogP contribution < -0.4 is 15.9 Å². The van der Waals surface area contributed by atoms with Crippen molar-refractivity contribution in [3.05, 3.63) is 90.5 Å². The number of likely N-dealkylation sites (N-methyl/N-ethyl adjacent to an activating group) is 1. The number of benzene rings is 3. The van der Waals surface area contributed by atoms with Crippen LogP contribution >= 0.6 is 15.7 Å². The molecule has 3 aromatic carbocycles. The molecular formula is C64H100F6N2O13P2. The molecule has 87 heavy (non-hydrogen) atoms. The van der Waals surface area contributed by atoms with Gasteiger partial charge >= 0.3 is 39.0 Å². The van der Waals surface area contributed by atoms with Gasteiger partial charge in [-0.05, 0) is 149 Å². The van der Waals surface area contributed by atoms with Crippen LogP contribution in [0, 0.1) is 17.8 Å². The Hall–Kier alpha value is -3.40. The van der Waals surface area contributed by atoms with E-state index < -0.39 is 118 Å². The van der Waals surface area contributed by atoms with Crippen LogP contribution in [0.25, 0.3) is 0 Å². The van der Waals surface area contributed by atoms with Crippen molar-refractivity contribution < 1.29 is 88.7 Å². The molecule has 18 atom stereocenters. The van der Waals surface area contributed by atoms with Crippen molar-refractivity contribution in [3.8, 4) is 0 Å². The van der Waals surface area contributed by atoms with E-state index in [4.69, 9.17) is 28.4 Å². The molecule has 5 N–H and O–H groups in total. The second-order valence-electron chi connectivity index (χ2n) is 25.7. The van der Waals surface area contributed by atoms with Crippen LogP contribution in [0.5, 0.6) is 0 Å². The van der Waals surface area contributed by atoms with Crippen LogP contribution in [0.1, 0.15) is 145 Å². The zero-order valence-corrected chi connectivity index (χ0v) is 54.9. The maximum atomic E-state index is 14.7. The molecule has 0 spiro atoms. The summed E-state index contributed by atoms with van der Waals surface area (Å²) in [6, 6.07) is 29.5. The van der Waals surface area contributed by atoms with Crippen molar-refractivity contribution in [2.24, 2.45) is 17.8 Å². The first-order valence-corrected chi connectivity index (χ1v) is 34.3. The van der Waals surface area contributed by atoms with E-state index in [1.807, 2.05) is 32.8 Å².